The summed E-state index contributed by atoms with van der Waals surface area (Å²) in [6.45, 7) is 7.69. The van der Waals surface area contributed by atoms with Crippen molar-refractivity contribution in [1.82, 2.24) is 5.32 Å². The fourth-order valence-electron chi connectivity index (χ4n) is 2.59. The number of hydrogen-bond donors (Lipinski definition) is 1. The Kier molecular flexibility index (Phi) is 6.50. The van der Waals surface area contributed by atoms with Crippen LogP contribution >= 0.6 is 0 Å². The summed E-state index contributed by atoms with van der Waals surface area (Å²) in [7, 11) is 0. The van der Waals surface area contributed by atoms with Crippen molar-refractivity contribution in [3.8, 4) is 0 Å². The standard InChI is InChI=1S/C16H29NO3/c1-12-8-6-5-7-9-13(12)17-14(18)10-11-15(19)20-16(2,3)4/h12-13H,5-11H2,1-4H3,(H,17,18). The SMILES string of the molecule is CC1CCCCCC1NC(=O)CCC(=O)OC(C)(C)C. The van der Waals surface area contributed by atoms with Gasteiger partial charge in [-0.15, -0.1) is 0 Å². The maximum Gasteiger partial charge on any atom is 0.306 e. The van der Waals surface area contributed by atoms with Crippen molar-refractivity contribution in [2.45, 2.75) is 84.3 Å². The fourth-order valence-corrected chi connectivity index (χ4v) is 2.59. The predicted octanol–water partition coefficient (Wildman–Crippen LogP) is 3.19. The van der Waals surface area contributed by atoms with Gasteiger partial charge in [-0.1, -0.05) is 26.2 Å². The van der Waals surface area contributed by atoms with Gasteiger partial charge in [0.05, 0.1) is 6.42 Å². The van der Waals surface area contributed by atoms with Crippen LogP contribution < -0.4 is 5.32 Å². The highest BCUT2D eigenvalue weighted by Gasteiger charge is 2.22. The van der Waals surface area contributed by atoms with Crippen LogP contribution in [0.25, 0.3) is 0 Å². The van der Waals surface area contributed by atoms with Crippen LogP contribution in [0.15, 0.2) is 0 Å². The molecule has 1 aliphatic rings. The molecule has 2 atom stereocenters. The summed E-state index contributed by atoms with van der Waals surface area (Å²) in [5.74, 6) is 0.194. The highest BCUT2D eigenvalue weighted by atomic mass is 16.6. The first-order valence-corrected chi connectivity index (χ1v) is 7.79. The van der Waals surface area contributed by atoms with Crippen LogP contribution in [0.3, 0.4) is 0 Å². The summed E-state index contributed by atoms with van der Waals surface area (Å²) in [4.78, 5) is 23.5. The summed E-state index contributed by atoms with van der Waals surface area (Å²) in [5, 5.41) is 3.08. The number of esters is 1. The second kappa shape index (κ2) is 7.65. The lowest BCUT2D eigenvalue weighted by atomic mass is 9.97. The molecule has 0 aliphatic heterocycles. The Hall–Kier alpha value is -1.06. The van der Waals surface area contributed by atoms with Crippen molar-refractivity contribution in [2.24, 2.45) is 5.92 Å². The van der Waals surface area contributed by atoms with Gasteiger partial charge in [0.25, 0.3) is 0 Å². The maximum atomic E-state index is 11.9. The molecule has 0 aromatic rings. The van der Waals surface area contributed by atoms with Gasteiger partial charge in [-0.2, -0.15) is 0 Å². The number of ether oxygens (including phenoxy) is 1. The summed E-state index contributed by atoms with van der Waals surface area (Å²) >= 11 is 0. The molecule has 1 aliphatic carbocycles. The number of carbonyl (C=O) groups excluding carboxylic acids is 2. The second-order valence-corrected chi connectivity index (χ2v) is 6.88. The van der Waals surface area contributed by atoms with Crippen molar-refractivity contribution in [3.05, 3.63) is 0 Å². The zero-order valence-electron chi connectivity index (χ0n) is 13.3. The monoisotopic (exact) mass is 283 g/mol. The summed E-state index contributed by atoms with van der Waals surface area (Å²) in [6, 6.07) is 0.267. The van der Waals surface area contributed by atoms with Gasteiger partial charge in [-0.3, -0.25) is 9.59 Å². The molecule has 116 valence electrons. The van der Waals surface area contributed by atoms with Gasteiger partial charge in [0.2, 0.25) is 5.91 Å². The highest BCUT2D eigenvalue weighted by Crippen LogP contribution is 2.23. The van der Waals surface area contributed by atoms with Crippen molar-refractivity contribution < 1.29 is 14.3 Å². The van der Waals surface area contributed by atoms with Gasteiger partial charge in [-0.05, 0) is 39.5 Å². The molecule has 1 saturated carbocycles. The van der Waals surface area contributed by atoms with E-state index in [2.05, 4.69) is 12.2 Å². The van der Waals surface area contributed by atoms with E-state index in [4.69, 9.17) is 4.74 Å². The fraction of sp³-hybridized carbons (Fsp3) is 0.875. The molecule has 1 N–H and O–H groups in total. The van der Waals surface area contributed by atoms with Crippen molar-refractivity contribution in [1.29, 1.82) is 0 Å². The Labute approximate surface area is 122 Å². The Morgan fingerprint density at radius 2 is 1.75 bits per heavy atom. The average Bonchev–Trinajstić information content (AvgIpc) is 2.50. The van der Waals surface area contributed by atoms with E-state index < -0.39 is 5.60 Å². The Bertz CT molecular complexity index is 333. The van der Waals surface area contributed by atoms with Gasteiger partial charge in [-0.25, -0.2) is 0 Å². The molecule has 0 bridgehead atoms. The van der Waals surface area contributed by atoms with Crippen molar-refractivity contribution >= 4 is 11.9 Å². The third-order valence-corrected chi connectivity index (χ3v) is 3.68. The molecule has 20 heavy (non-hydrogen) atoms. The normalized spacial score (nSPS) is 23.8. The molecule has 0 aromatic heterocycles. The van der Waals surface area contributed by atoms with Gasteiger partial charge >= 0.3 is 5.97 Å². The topological polar surface area (TPSA) is 55.4 Å². The molecule has 0 spiro atoms. The highest BCUT2D eigenvalue weighted by molar-refractivity contribution is 5.81. The second-order valence-electron chi connectivity index (χ2n) is 6.88. The number of amides is 1. The predicted molar refractivity (Wildman–Crippen MR) is 79.3 cm³/mol. The first-order valence-electron chi connectivity index (χ1n) is 7.79. The Balaban J connectivity index is 2.30. The molecular formula is C16H29NO3. The van der Waals surface area contributed by atoms with E-state index in [1.54, 1.807) is 0 Å². The summed E-state index contributed by atoms with van der Waals surface area (Å²) < 4.78 is 5.20. The smallest absolute Gasteiger partial charge is 0.306 e. The van der Waals surface area contributed by atoms with Crippen LogP contribution in [0.5, 0.6) is 0 Å². The van der Waals surface area contributed by atoms with E-state index in [1.807, 2.05) is 20.8 Å². The molecule has 4 nitrogen and oxygen atoms in total. The Morgan fingerprint density at radius 1 is 1.10 bits per heavy atom. The molecule has 0 heterocycles. The molecule has 0 saturated heterocycles. The van der Waals surface area contributed by atoms with Gasteiger partial charge in [0, 0.05) is 12.5 Å². The lowest BCUT2D eigenvalue weighted by molar-refractivity contribution is -0.155. The number of nitrogens with one attached hydrogen (secondary N) is 1. The third-order valence-electron chi connectivity index (χ3n) is 3.68. The van der Waals surface area contributed by atoms with Gasteiger partial charge < -0.3 is 10.1 Å². The number of carbonyl (C=O) groups is 2. The minimum Gasteiger partial charge on any atom is -0.460 e. The van der Waals surface area contributed by atoms with Crippen LogP contribution in [0.2, 0.25) is 0 Å². The quantitative estimate of drug-likeness (QED) is 0.637. The molecule has 0 radical (unpaired) electrons. The van der Waals surface area contributed by atoms with E-state index in [-0.39, 0.29) is 30.8 Å². The summed E-state index contributed by atoms with van der Waals surface area (Å²) in [5.41, 5.74) is -0.483. The van der Waals surface area contributed by atoms with E-state index in [1.165, 1.54) is 25.7 Å². The van der Waals surface area contributed by atoms with E-state index >= 15 is 0 Å². The molecule has 1 rings (SSSR count). The van der Waals surface area contributed by atoms with E-state index in [0.717, 1.165) is 6.42 Å². The summed E-state index contributed by atoms with van der Waals surface area (Å²) in [6.07, 6.45) is 6.31. The molecule has 2 unspecified atom stereocenters. The van der Waals surface area contributed by atoms with Crippen LogP contribution in [-0.4, -0.2) is 23.5 Å². The van der Waals surface area contributed by atoms with Crippen LogP contribution in [-0.2, 0) is 14.3 Å². The zero-order chi connectivity index (χ0) is 15.2. The van der Waals surface area contributed by atoms with E-state index in [9.17, 15) is 9.59 Å². The maximum absolute atomic E-state index is 11.9. The van der Waals surface area contributed by atoms with Gasteiger partial charge in [0.15, 0.2) is 0 Å². The molecule has 0 aromatic carbocycles. The van der Waals surface area contributed by atoms with Crippen LogP contribution in [0, 0.1) is 5.92 Å². The Morgan fingerprint density at radius 3 is 2.40 bits per heavy atom. The van der Waals surface area contributed by atoms with Crippen LogP contribution in [0.1, 0.15) is 72.6 Å². The van der Waals surface area contributed by atoms with Crippen LogP contribution in [0.4, 0.5) is 0 Å². The largest absolute Gasteiger partial charge is 0.460 e. The van der Waals surface area contributed by atoms with Crippen molar-refractivity contribution in [2.75, 3.05) is 0 Å². The lowest BCUT2D eigenvalue weighted by Gasteiger charge is -2.23. The lowest BCUT2D eigenvalue weighted by Crippen LogP contribution is -2.39. The number of hydrogen-bond acceptors (Lipinski definition) is 3. The first-order chi connectivity index (χ1) is 9.28. The molecule has 4 heteroatoms. The first kappa shape index (κ1) is 17.0. The third kappa shape index (κ3) is 6.92. The minimum absolute atomic E-state index is 0.0328. The van der Waals surface area contributed by atoms with E-state index in [0.29, 0.717) is 5.92 Å². The minimum atomic E-state index is -0.483. The van der Waals surface area contributed by atoms with Gasteiger partial charge in [0.1, 0.15) is 5.60 Å². The zero-order valence-corrected chi connectivity index (χ0v) is 13.3. The average molecular weight is 283 g/mol. The molecular weight excluding hydrogens is 254 g/mol. The molecule has 1 amide bonds. The molecule has 1 fully saturated rings. The number of rotatable bonds is 4. The van der Waals surface area contributed by atoms with Crippen molar-refractivity contribution in [3.63, 3.8) is 0 Å².